The van der Waals surface area contributed by atoms with Crippen LogP contribution in [0.1, 0.15) is 48.8 Å². The van der Waals surface area contributed by atoms with Gasteiger partial charge in [-0.15, -0.1) is 11.3 Å². The smallest absolute Gasteiger partial charge is 0.445 e. The highest BCUT2D eigenvalue weighted by Crippen LogP contribution is 2.38. The van der Waals surface area contributed by atoms with Gasteiger partial charge in [0, 0.05) is 11.9 Å². The molecule has 0 aliphatic carbocycles. The number of rotatable bonds is 7. The van der Waals surface area contributed by atoms with Gasteiger partial charge in [0.25, 0.3) is 0 Å². The summed E-state index contributed by atoms with van der Waals surface area (Å²) >= 11 is 1.33. The quantitative estimate of drug-likeness (QED) is 0.532. The molecule has 1 aromatic carbocycles. The maximum atomic E-state index is 12.2. The molecule has 0 atom stereocenters. The van der Waals surface area contributed by atoms with E-state index in [9.17, 15) is 9.59 Å². The molecule has 3 rings (SSSR count). The molecule has 1 aliphatic heterocycles. The first-order chi connectivity index (χ1) is 14.2. The first kappa shape index (κ1) is 22.2. The van der Waals surface area contributed by atoms with Crippen LogP contribution < -0.4 is 5.32 Å². The van der Waals surface area contributed by atoms with Gasteiger partial charge in [0.05, 0.1) is 11.2 Å². The molecule has 1 aromatic heterocycles. The van der Waals surface area contributed by atoms with Gasteiger partial charge in [-0.2, -0.15) is 0 Å². The molecule has 0 saturated carbocycles. The third kappa shape index (κ3) is 5.35. The summed E-state index contributed by atoms with van der Waals surface area (Å²) in [6, 6.07) is 9.45. The highest BCUT2D eigenvalue weighted by Gasteiger charge is 2.52. The highest BCUT2D eigenvalue weighted by atomic mass is 32.1. The van der Waals surface area contributed by atoms with Crippen molar-refractivity contribution in [3.05, 3.63) is 57.4 Å². The second-order valence-corrected chi connectivity index (χ2v) is 8.84. The Morgan fingerprint density at radius 2 is 1.87 bits per heavy atom. The minimum Gasteiger partial charge on any atom is -0.445 e. The molecule has 0 radical (unpaired) electrons. The summed E-state index contributed by atoms with van der Waals surface area (Å²) in [5.41, 5.74) is 0.883. The monoisotopic (exact) mass is 428 g/mol. The molecule has 1 aliphatic rings. The Labute approximate surface area is 180 Å². The summed E-state index contributed by atoms with van der Waals surface area (Å²) in [4.78, 5) is 27.4. The fourth-order valence-electron chi connectivity index (χ4n) is 2.72. The fraction of sp³-hybridized carbons (Fsp3) is 0.381. The van der Waals surface area contributed by atoms with E-state index < -0.39 is 24.4 Å². The molecular weight excluding hydrogens is 403 g/mol. The molecule has 0 bridgehead atoms. The van der Waals surface area contributed by atoms with Crippen molar-refractivity contribution in [2.45, 2.75) is 45.5 Å². The molecule has 2 aromatic rings. The van der Waals surface area contributed by atoms with Crippen molar-refractivity contribution in [3.8, 4) is 0 Å². The number of thiazole rings is 1. The molecule has 9 heteroatoms. The number of amides is 1. The van der Waals surface area contributed by atoms with Crippen LogP contribution in [0.15, 0.2) is 41.2 Å². The van der Waals surface area contributed by atoms with E-state index in [1.54, 1.807) is 11.5 Å². The summed E-state index contributed by atoms with van der Waals surface area (Å²) in [5.74, 6) is 0. The van der Waals surface area contributed by atoms with Crippen LogP contribution in [0.4, 0.5) is 4.79 Å². The van der Waals surface area contributed by atoms with Gasteiger partial charge >= 0.3 is 13.2 Å². The zero-order chi connectivity index (χ0) is 21.8. The van der Waals surface area contributed by atoms with Crippen LogP contribution in [0.25, 0.3) is 6.08 Å². The summed E-state index contributed by atoms with van der Waals surface area (Å²) < 4.78 is 17.5. The molecule has 0 unspecified atom stereocenters. The third-order valence-electron chi connectivity index (χ3n) is 5.17. The second-order valence-electron chi connectivity index (χ2n) is 7.95. The first-order valence-corrected chi connectivity index (χ1v) is 10.5. The number of ether oxygens (including phenoxy) is 1. The van der Waals surface area contributed by atoms with E-state index in [2.05, 4.69) is 10.3 Å². The van der Waals surface area contributed by atoms with Gasteiger partial charge in [-0.05, 0) is 44.8 Å². The van der Waals surface area contributed by atoms with E-state index in [1.165, 1.54) is 11.3 Å². The lowest BCUT2D eigenvalue weighted by atomic mass is 9.77. The lowest BCUT2D eigenvalue weighted by Gasteiger charge is -2.32. The molecule has 2 heterocycles. The average Bonchev–Trinajstić information content (AvgIpc) is 3.25. The number of aldehydes is 1. The van der Waals surface area contributed by atoms with Crippen molar-refractivity contribution in [1.82, 2.24) is 10.3 Å². The predicted molar refractivity (Wildman–Crippen MR) is 116 cm³/mol. The Morgan fingerprint density at radius 3 is 2.47 bits per heavy atom. The maximum absolute atomic E-state index is 12.2. The zero-order valence-electron chi connectivity index (χ0n) is 17.5. The van der Waals surface area contributed by atoms with Crippen LogP contribution in [-0.2, 0) is 20.7 Å². The number of hydrogen-bond acceptors (Lipinski definition) is 7. The number of carbonyl (C=O) groups excluding carboxylic acids is 2. The summed E-state index contributed by atoms with van der Waals surface area (Å²) in [7, 11) is -0.659. The van der Waals surface area contributed by atoms with E-state index in [0.29, 0.717) is 22.5 Å². The maximum Gasteiger partial charge on any atom is 0.492 e. The Hall–Kier alpha value is -2.49. The minimum atomic E-state index is -0.659. The number of nitrogens with zero attached hydrogens (tertiary/aromatic N) is 1. The standard InChI is InChI=1S/C21H25BN2O5S/c1-20(2)21(3,4)29-22(28-20)16(10-18-24-17(12-25)14-30-18)11-23-19(26)27-13-15-8-6-5-7-9-15/h5-10,12,14H,11,13H2,1-4H3,(H,23,26). The Bertz CT molecular complexity index is 910. The molecule has 7 nitrogen and oxygen atoms in total. The lowest BCUT2D eigenvalue weighted by Crippen LogP contribution is -2.41. The van der Waals surface area contributed by atoms with Gasteiger partial charge in [-0.25, -0.2) is 9.78 Å². The van der Waals surface area contributed by atoms with Crippen molar-refractivity contribution in [2.75, 3.05) is 6.54 Å². The molecule has 1 amide bonds. The average molecular weight is 428 g/mol. The number of nitrogens with one attached hydrogen (secondary N) is 1. The normalized spacial score (nSPS) is 17.6. The molecule has 1 N–H and O–H groups in total. The van der Waals surface area contributed by atoms with E-state index in [1.807, 2.05) is 58.0 Å². The van der Waals surface area contributed by atoms with Crippen molar-refractivity contribution >= 4 is 36.9 Å². The van der Waals surface area contributed by atoms with Gasteiger partial charge in [-0.3, -0.25) is 4.79 Å². The van der Waals surface area contributed by atoms with Crippen molar-refractivity contribution in [1.29, 1.82) is 0 Å². The summed E-state index contributed by atoms with van der Waals surface area (Å²) in [6.45, 7) is 8.16. The summed E-state index contributed by atoms with van der Waals surface area (Å²) in [6.07, 6.45) is 1.92. The minimum absolute atomic E-state index is 0.153. The van der Waals surface area contributed by atoms with Crippen molar-refractivity contribution in [3.63, 3.8) is 0 Å². The second kappa shape index (κ2) is 9.12. The number of aromatic nitrogens is 1. The summed E-state index contributed by atoms with van der Waals surface area (Å²) in [5, 5.41) is 5.04. The number of hydrogen-bond donors (Lipinski definition) is 1. The van der Waals surface area contributed by atoms with E-state index in [4.69, 9.17) is 14.0 Å². The van der Waals surface area contributed by atoms with Gasteiger partial charge in [-0.1, -0.05) is 30.3 Å². The van der Waals surface area contributed by atoms with Crippen LogP contribution >= 0.6 is 11.3 Å². The Kier molecular flexibility index (Phi) is 6.75. The van der Waals surface area contributed by atoms with Crippen molar-refractivity contribution in [2.24, 2.45) is 0 Å². The fourth-order valence-corrected chi connectivity index (χ4v) is 3.45. The molecule has 30 heavy (non-hydrogen) atoms. The zero-order valence-corrected chi connectivity index (χ0v) is 18.3. The van der Waals surface area contributed by atoms with Gasteiger partial charge < -0.3 is 19.4 Å². The molecule has 1 saturated heterocycles. The van der Waals surface area contributed by atoms with Crippen LogP contribution in [0, 0.1) is 0 Å². The lowest BCUT2D eigenvalue weighted by molar-refractivity contribution is 0.00578. The SMILES string of the molecule is CC1(C)OB(C(=Cc2nc(C=O)cs2)CNC(=O)OCc2ccccc2)OC1(C)C. The third-order valence-corrected chi connectivity index (χ3v) is 5.98. The molecule has 0 spiro atoms. The predicted octanol–water partition coefficient (Wildman–Crippen LogP) is 3.90. The van der Waals surface area contributed by atoms with Crippen LogP contribution in [0.2, 0.25) is 0 Å². The largest absolute Gasteiger partial charge is 0.492 e. The van der Waals surface area contributed by atoms with Gasteiger partial charge in [0.2, 0.25) is 0 Å². The van der Waals surface area contributed by atoms with Gasteiger partial charge in [0.15, 0.2) is 6.29 Å². The highest BCUT2D eigenvalue weighted by molar-refractivity contribution is 7.10. The van der Waals surface area contributed by atoms with E-state index >= 15 is 0 Å². The van der Waals surface area contributed by atoms with Crippen molar-refractivity contribution < 1.29 is 23.6 Å². The molecular formula is C21H25BN2O5S. The Balaban J connectivity index is 1.70. The first-order valence-electron chi connectivity index (χ1n) is 9.61. The van der Waals surface area contributed by atoms with Crippen LogP contribution in [0.3, 0.4) is 0 Å². The number of alkyl carbamates (subject to hydrolysis) is 1. The van der Waals surface area contributed by atoms with Crippen LogP contribution in [0.5, 0.6) is 0 Å². The number of carbonyl (C=O) groups is 2. The van der Waals surface area contributed by atoms with Crippen LogP contribution in [-0.4, -0.2) is 42.2 Å². The van der Waals surface area contributed by atoms with E-state index in [0.717, 1.165) is 5.56 Å². The van der Waals surface area contributed by atoms with E-state index in [-0.39, 0.29) is 13.2 Å². The van der Waals surface area contributed by atoms with Gasteiger partial charge in [0.1, 0.15) is 17.3 Å². The topological polar surface area (TPSA) is 86.8 Å². The Morgan fingerprint density at radius 1 is 1.20 bits per heavy atom. The number of benzene rings is 1. The molecule has 158 valence electrons. The molecule has 1 fully saturated rings.